The van der Waals surface area contributed by atoms with E-state index in [4.69, 9.17) is 5.11 Å². The molecule has 7 heteroatoms. The largest absolute Gasteiger partial charge is 0.479 e. The fraction of sp³-hybridized carbons (Fsp3) is 0.273. The Morgan fingerprint density at radius 1 is 1.56 bits per heavy atom. The van der Waals surface area contributed by atoms with Crippen LogP contribution in [0.1, 0.15) is 10.4 Å². The highest BCUT2D eigenvalue weighted by atomic mass is 127. The van der Waals surface area contributed by atoms with Crippen molar-refractivity contribution in [2.45, 2.75) is 6.10 Å². The molecule has 1 rings (SSSR count). The molecule has 0 saturated heterocycles. The highest BCUT2D eigenvalue weighted by Crippen LogP contribution is 2.12. The van der Waals surface area contributed by atoms with Crippen LogP contribution in [-0.4, -0.2) is 36.7 Å². The van der Waals surface area contributed by atoms with Crippen molar-refractivity contribution < 1.29 is 23.8 Å². The van der Waals surface area contributed by atoms with Crippen LogP contribution in [0.2, 0.25) is 0 Å². The fourth-order valence-electron chi connectivity index (χ4n) is 1.22. The lowest BCUT2D eigenvalue weighted by molar-refractivity contribution is -0.148. The van der Waals surface area contributed by atoms with Gasteiger partial charge in [-0.3, -0.25) is 4.79 Å². The summed E-state index contributed by atoms with van der Waals surface area (Å²) in [5.41, 5.74) is -0.123. The third-order valence-electron chi connectivity index (χ3n) is 2.18. The van der Waals surface area contributed by atoms with Crippen molar-refractivity contribution >= 4 is 34.5 Å². The molecule has 0 aliphatic rings. The van der Waals surface area contributed by atoms with Crippen LogP contribution in [0.4, 0.5) is 4.39 Å². The third kappa shape index (κ3) is 3.91. The van der Waals surface area contributed by atoms with Crippen LogP contribution in [-0.2, 0) is 9.53 Å². The van der Waals surface area contributed by atoms with Crippen molar-refractivity contribution in [2.24, 2.45) is 0 Å². The molecule has 0 spiro atoms. The lowest BCUT2D eigenvalue weighted by Crippen LogP contribution is -2.38. The molecule has 0 radical (unpaired) electrons. The lowest BCUT2D eigenvalue weighted by atomic mass is 10.2. The molecular formula is C11H11FINO4. The van der Waals surface area contributed by atoms with E-state index in [2.05, 4.69) is 10.1 Å². The Labute approximate surface area is 116 Å². The molecule has 0 heterocycles. The molecule has 0 saturated carbocycles. The van der Waals surface area contributed by atoms with Gasteiger partial charge in [-0.15, -0.1) is 0 Å². The van der Waals surface area contributed by atoms with Gasteiger partial charge < -0.3 is 15.2 Å². The van der Waals surface area contributed by atoms with Crippen molar-refractivity contribution in [1.82, 2.24) is 5.32 Å². The average molecular weight is 367 g/mol. The van der Waals surface area contributed by atoms with Crippen LogP contribution < -0.4 is 5.32 Å². The standard InChI is InChI=1S/C11H11FINO4/c1-18-9(11(16)17)5-14-10(15)7-4-6(13)2-3-8(7)12/h2-4,9H,5H2,1H3,(H,14,15)(H,16,17)/t9-/m0/s1. The summed E-state index contributed by atoms with van der Waals surface area (Å²) in [5.74, 6) is -2.52. The molecule has 0 bridgehead atoms. The van der Waals surface area contributed by atoms with E-state index in [0.29, 0.717) is 3.57 Å². The number of ether oxygens (including phenoxy) is 1. The summed E-state index contributed by atoms with van der Waals surface area (Å²) < 4.78 is 18.7. The van der Waals surface area contributed by atoms with E-state index in [1.165, 1.54) is 25.3 Å². The number of aliphatic carboxylic acids is 1. The SMILES string of the molecule is CO[C@@H](CNC(=O)c1cc(I)ccc1F)C(=O)O. The minimum atomic E-state index is -1.19. The lowest BCUT2D eigenvalue weighted by Gasteiger charge is -2.11. The van der Waals surface area contributed by atoms with Crippen molar-refractivity contribution in [2.75, 3.05) is 13.7 Å². The first-order valence-electron chi connectivity index (χ1n) is 4.94. The van der Waals surface area contributed by atoms with Gasteiger partial charge in [-0.2, -0.15) is 0 Å². The summed E-state index contributed by atoms with van der Waals surface area (Å²) in [7, 11) is 1.22. The number of benzene rings is 1. The molecule has 1 amide bonds. The number of amides is 1. The maximum absolute atomic E-state index is 13.4. The van der Waals surface area contributed by atoms with Gasteiger partial charge in [0, 0.05) is 10.7 Å². The van der Waals surface area contributed by atoms with Crippen LogP contribution in [0.15, 0.2) is 18.2 Å². The van der Waals surface area contributed by atoms with Gasteiger partial charge in [-0.05, 0) is 40.8 Å². The molecule has 0 aromatic heterocycles. The van der Waals surface area contributed by atoms with Gasteiger partial charge in [0.15, 0.2) is 6.10 Å². The summed E-state index contributed by atoms with van der Waals surface area (Å²) in [6.07, 6.45) is -1.15. The van der Waals surface area contributed by atoms with Crippen molar-refractivity contribution in [3.63, 3.8) is 0 Å². The average Bonchev–Trinajstić information content (AvgIpc) is 2.32. The number of carboxylic acids is 1. The molecule has 5 nitrogen and oxygen atoms in total. The minimum absolute atomic E-state index is 0.123. The third-order valence-corrected chi connectivity index (χ3v) is 2.85. The number of carbonyl (C=O) groups excluding carboxylic acids is 1. The van der Waals surface area contributed by atoms with Crippen LogP contribution in [0.25, 0.3) is 0 Å². The zero-order valence-electron chi connectivity index (χ0n) is 9.44. The predicted molar refractivity (Wildman–Crippen MR) is 69.9 cm³/mol. The van der Waals surface area contributed by atoms with Gasteiger partial charge >= 0.3 is 5.97 Å². The molecule has 1 atom stereocenters. The molecule has 0 unspecified atom stereocenters. The first-order chi connectivity index (χ1) is 8.45. The van der Waals surface area contributed by atoms with E-state index in [1.807, 2.05) is 22.6 Å². The van der Waals surface area contributed by atoms with E-state index in [1.54, 1.807) is 0 Å². The normalized spacial score (nSPS) is 11.9. The molecule has 0 aliphatic carbocycles. The van der Waals surface area contributed by atoms with Crippen LogP contribution >= 0.6 is 22.6 Å². The number of hydrogen-bond donors (Lipinski definition) is 2. The molecule has 0 aliphatic heterocycles. The Morgan fingerprint density at radius 2 is 2.22 bits per heavy atom. The Morgan fingerprint density at radius 3 is 2.78 bits per heavy atom. The molecule has 0 fully saturated rings. The highest BCUT2D eigenvalue weighted by molar-refractivity contribution is 14.1. The van der Waals surface area contributed by atoms with Gasteiger partial charge in [0.25, 0.3) is 5.91 Å². The molecule has 18 heavy (non-hydrogen) atoms. The summed E-state index contributed by atoms with van der Waals surface area (Å²) >= 11 is 1.95. The van der Waals surface area contributed by atoms with Crippen molar-refractivity contribution in [1.29, 1.82) is 0 Å². The van der Waals surface area contributed by atoms with Gasteiger partial charge in [0.1, 0.15) is 5.82 Å². The van der Waals surface area contributed by atoms with Gasteiger partial charge in [-0.25, -0.2) is 9.18 Å². The first-order valence-corrected chi connectivity index (χ1v) is 6.02. The quantitative estimate of drug-likeness (QED) is 0.769. The number of carbonyl (C=O) groups is 2. The van der Waals surface area contributed by atoms with Gasteiger partial charge in [0.2, 0.25) is 0 Å². The number of nitrogens with one attached hydrogen (secondary N) is 1. The fourth-order valence-corrected chi connectivity index (χ4v) is 1.71. The van der Waals surface area contributed by atoms with E-state index in [0.717, 1.165) is 0 Å². The molecule has 2 N–H and O–H groups in total. The highest BCUT2D eigenvalue weighted by Gasteiger charge is 2.19. The van der Waals surface area contributed by atoms with E-state index < -0.39 is 23.8 Å². The van der Waals surface area contributed by atoms with E-state index >= 15 is 0 Å². The van der Waals surface area contributed by atoms with Gasteiger partial charge in [0.05, 0.1) is 12.1 Å². The van der Waals surface area contributed by atoms with Crippen molar-refractivity contribution in [3.05, 3.63) is 33.1 Å². The van der Waals surface area contributed by atoms with E-state index in [9.17, 15) is 14.0 Å². The van der Waals surface area contributed by atoms with Crippen molar-refractivity contribution in [3.8, 4) is 0 Å². The monoisotopic (exact) mass is 367 g/mol. The molecular weight excluding hydrogens is 356 g/mol. The smallest absolute Gasteiger partial charge is 0.334 e. The zero-order chi connectivity index (χ0) is 13.7. The number of rotatable bonds is 5. The topological polar surface area (TPSA) is 75.6 Å². The Balaban J connectivity index is 2.71. The molecule has 98 valence electrons. The Kier molecular flexibility index (Phi) is 5.48. The zero-order valence-corrected chi connectivity index (χ0v) is 11.6. The van der Waals surface area contributed by atoms with Crippen LogP contribution in [0.3, 0.4) is 0 Å². The molecule has 1 aromatic carbocycles. The summed E-state index contributed by atoms with van der Waals surface area (Å²) in [4.78, 5) is 22.3. The summed E-state index contributed by atoms with van der Waals surface area (Å²) in [6.45, 7) is -0.227. The van der Waals surface area contributed by atoms with Gasteiger partial charge in [-0.1, -0.05) is 0 Å². The van der Waals surface area contributed by atoms with Crippen LogP contribution in [0, 0.1) is 9.39 Å². The number of methoxy groups -OCH3 is 1. The first kappa shape index (κ1) is 14.8. The Hall–Kier alpha value is -1.22. The minimum Gasteiger partial charge on any atom is -0.479 e. The summed E-state index contributed by atoms with van der Waals surface area (Å²) in [6, 6.07) is 4.09. The number of carboxylic acid groups (broad SMARTS) is 1. The predicted octanol–water partition coefficient (Wildman–Crippen LogP) is 1.26. The second-order valence-electron chi connectivity index (χ2n) is 3.40. The maximum atomic E-state index is 13.4. The molecule has 1 aromatic rings. The maximum Gasteiger partial charge on any atom is 0.334 e. The summed E-state index contributed by atoms with van der Waals surface area (Å²) in [5, 5.41) is 11.0. The second-order valence-corrected chi connectivity index (χ2v) is 4.64. The number of halogens is 2. The van der Waals surface area contributed by atoms with Crippen LogP contribution in [0.5, 0.6) is 0 Å². The second kappa shape index (κ2) is 6.64. The van der Waals surface area contributed by atoms with E-state index in [-0.39, 0.29) is 12.1 Å². The number of hydrogen-bond acceptors (Lipinski definition) is 3. The Bertz CT molecular complexity index is 466.